The summed E-state index contributed by atoms with van der Waals surface area (Å²) in [6.07, 6.45) is 1.55. The number of allylic oxidation sites excluding steroid dienone is 1. The Morgan fingerprint density at radius 3 is 2.15 bits per heavy atom. The normalized spacial score (nSPS) is 12.3. The van der Waals surface area contributed by atoms with Crippen LogP contribution in [0.3, 0.4) is 0 Å². The Bertz CT molecular complexity index is 298. The Labute approximate surface area is 97.0 Å². The molecule has 0 heterocycles. The molecule has 0 saturated carbocycles. The van der Waals surface area contributed by atoms with Crippen LogP contribution in [0, 0.1) is 0 Å². The van der Waals surface area contributed by atoms with E-state index in [0.29, 0.717) is 5.02 Å². The highest BCUT2D eigenvalue weighted by Crippen LogP contribution is 2.26. The predicted octanol–water partition coefficient (Wildman–Crippen LogP) is 4.94. The Balaban J connectivity index is 2.83. The summed E-state index contributed by atoms with van der Waals surface area (Å²) >= 11 is 22.6. The molecule has 0 bridgehead atoms. The van der Waals surface area contributed by atoms with Gasteiger partial charge in [-0.1, -0.05) is 46.9 Å². The van der Waals surface area contributed by atoms with Gasteiger partial charge in [0.05, 0.1) is 5.38 Å². The van der Waals surface area contributed by atoms with E-state index in [2.05, 4.69) is 0 Å². The minimum atomic E-state index is -0.317. The number of halogens is 4. The first-order valence-corrected chi connectivity index (χ1v) is 5.09. The Morgan fingerprint density at radius 2 is 1.69 bits per heavy atom. The van der Waals surface area contributed by atoms with E-state index in [4.69, 9.17) is 46.4 Å². The zero-order valence-electron chi connectivity index (χ0n) is 6.48. The van der Waals surface area contributed by atoms with E-state index < -0.39 is 0 Å². The molecule has 4 heteroatoms. The van der Waals surface area contributed by atoms with Crippen molar-refractivity contribution in [2.45, 2.75) is 5.38 Å². The minimum Gasteiger partial charge on any atom is -0.113 e. The van der Waals surface area contributed by atoms with Crippen LogP contribution in [0.4, 0.5) is 0 Å². The number of hydrogen-bond acceptors (Lipinski definition) is 0. The fraction of sp³-hybridized carbons (Fsp3) is 0.111. The van der Waals surface area contributed by atoms with Crippen LogP contribution in [-0.2, 0) is 0 Å². The molecule has 0 saturated heterocycles. The lowest BCUT2D eigenvalue weighted by atomic mass is 10.1. The van der Waals surface area contributed by atoms with Crippen LogP contribution in [0.2, 0.25) is 5.02 Å². The van der Waals surface area contributed by atoms with E-state index in [9.17, 15) is 0 Å². The third-order valence-corrected chi connectivity index (χ3v) is 2.34. The highest BCUT2D eigenvalue weighted by Gasteiger charge is 2.04. The molecular formula is C9H6Cl4. The lowest BCUT2D eigenvalue weighted by Crippen LogP contribution is -1.84. The van der Waals surface area contributed by atoms with Gasteiger partial charge in [-0.3, -0.25) is 0 Å². The minimum absolute atomic E-state index is 0.162. The molecule has 0 spiro atoms. The quantitative estimate of drug-likeness (QED) is 0.657. The first-order chi connectivity index (χ1) is 6.09. The topological polar surface area (TPSA) is 0 Å². The average Bonchev–Trinajstić information content (AvgIpc) is 2.04. The maximum absolute atomic E-state index is 5.97. The lowest BCUT2D eigenvalue weighted by Gasteiger charge is -2.03. The van der Waals surface area contributed by atoms with Crippen molar-refractivity contribution in [2.24, 2.45) is 0 Å². The van der Waals surface area contributed by atoms with Crippen LogP contribution in [0.25, 0.3) is 0 Å². The molecule has 0 radical (unpaired) electrons. The van der Waals surface area contributed by atoms with E-state index in [1.165, 1.54) is 0 Å². The van der Waals surface area contributed by atoms with Gasteiger partial charge >= 0.3 is 0 Å². The molecule has 1 unspecified atom stereocenters. The summed E-state index contributed by atoms with van der Waals surface area (Å²) in [4.78, 5) is 0. The molecule has 1 atom stereocenters. The molecule has 0 amide bonds. The van der Waals surface area contributed by atoms with E-state index >= 15 is 0 Å². The molecular weight excluding hydrogens is 250 g/mol. The van der Waals surface area contributed by atoms with Gasteiger partial charge in [0, 0.05) is 5.02 Å². The van der Waals surface area contributed by atoms with Crippen molar-refractivity contribution in [3.8, 4) is 0 Å². The monoisotopic (exact) mass is 254 g/mol. The molecule has 0 N–H and O–H groups in total. The summed E-state index contributed by atoms with van der Waals surface area (Å²) < 4.78 is 0.162. The van der Waals surface area contributed by atoms with Crippen molar-refractivity contribution in [1.82, 2.24) is 0 Å². The molecule has 1 rings (SSSR count). The van der Waals surface area contributed by atoms with Gasteiger partial charge in [0.2, 0.25) is 0 Å². The molecule has 1 aromatic carbocycles. The van der Waals surface area contributed by atoms with Crippen molar-refractivity contribution in [3.05, 3.63) is 45.4 Å². The third kappa shape index (κ3) is 3.78. The summed E-state index contributed by atoms with van der Waals surface area (Å²) in [7, 11) is 0. The molecule has 0 aliphatic heterocycles. The first-order valence-electron chi connectivity index (χ1n) is 3.52. The fourth-order valence-electron chi connectivity index (χ4n) is 0.853. The smallest absolute Gasteiger partial charge is 0.104 e. The highest BCUT2D eigenvalue weighted by atomic mass is 35.5. The number of benzene rings is 1. The van der Waals surface area contributed by atoms with Crippen LogP contribution < -0.4 is 0 Å². The third-order valence-electron chi connectivity index (χ3n) is 1.46. The predicted molar refractivity (Wildman–Crippen MR) is 59.8 cm³/mol. The Kier molecular flexibility index (Phi) is 4.40. The number of rotatable bonds is 2. The summed E-state index contributed by atoms with van der Waals surface area (Å²) in [5.41, 5.74) is 0.907. The maximum Gasteiger partial charge on any atom is 0.104 e. The number of hydrogen-bond donors (Lipinski definition) is 0. The van der Waals surface area contributed by atoms with Crippen LogP contribution in [0.15, 0.2) is 34.8 Å². The summed E-state index contributed by atoms with van der Waals surface area (Å²) in [5.74, 6) is 0. The van der Waals surface area contributed by atoms with Crippen LogP contribution in [0.5, 0.6) is 0 Å². The van der Waals surface area contributed by atoms with Crippen LogP contribution in [-0.4, -0.2) is 0 Å². The van der Waals surface area contributed by atoms with Gasteiger partial charge < -0.3 is 0 Å². The van der Waals surface area contributed by atoms with E-state index in [1.54, 1.807) is 18.2 Å². The summed E-state index contributed by atoms with van der Waals surface area (Å²) in [6.45, 7) is 0. The molecule has 0 aromatic heterocycles. The van der Waals surface area contributed by atoms with E-state index in [0.717, 1.165) is 5.56 Å². The van der Waals surface area contributed by atoms with Gasteiger partial charge in [0.25, 0.3) is 0 Å². The largest absolute Gasteiger partial charge is 0.113 e. The Hall–Kier alpha value is 0.120. The van der Waals surface area contributed by atoms with Crippen molar-refractivity contribution in [2.75, 3.05) is 0 Å². The first kappa shape index (κ1) is 11.2. The van der Waals surface area contributed by atoms with Crippen molar-refractivity contribution in [3.63, 3.8) is 0 Å². The second-order valence-corrected chi connectivity index (χ2v) is 4.32. The van der Waals surface area contributed by atoms with Crippen molar-refractivity contribution in [1.29, 1.82) is 0 Å². The van der Waals surface area contributed by atoms with Crippen LogP contribution >= 0.6 is 46.4 Å². The maximum atomic E-state index is 5.97. The molecule has 70 valence electrons. The van der Waals surface area contributed by atoms with Gasteiger partial charge in [0.15, 0.2) is 0 Å². The average molecular weight is 256 g/mol. The van der Waals surface area contributed by atoms with Gasteiger partial charge in [-0.15, -0.1) is 11.6 Å². The second kappa shape index (κ2) is 5.11. The number of alkyl halides is 1. The van der Waals surface area contributed by atoms with Crippen molar-refractivity contribution < 1.29 is 0 Å². The standard InChI is InChI=1S/C9H6Cl4/c10-7-3-1-6(2-4-7)8(11)5-9(12)13/h1-5,8H. The van der Waals surface area contributed by atoms with E-state index in [-0.39, 0.29) is 9.87 Å². The SMILES string of the molecule is ClC(Cl)=CC(Cl)c1ccc(Cl)cc1. The highest BCUT2D eigenvalue weighted by molar-refractivity contribution is 6.56. The van der Waals surface area contributed by atoms with Crippen molar-refractivity contribution >= 4 is 46.4 Å². The van der Waals surface area contributed by atoms with Gasteiger partial charge in [-0.25, -0.2) is 0 Å². The molecule has 0 aliphatic rings. The van der Waals surface area contributed by atoms with Gasteiger partial charge in [0.1, 0.15) is 4.49 Å². The molecule has 1 aromatic rings. The summed E-state index contributed by atoms with van der Waals surface area (Å²) in [5, 5.41) is 0.357. The zero-order chi connectivity index (χ0) is 9.84. The van der Waals surface area contributed by atoms with Gasteiger partial charge in [-0.05, 0) is 23.8 Å². The fourth-order valence-corrected chi connectivity index (χ4v) is 1.63. The van der Waals surface area contributed by atoms with Gasteiger partial charge in [-0.2, -0.15) is 0 Å². The lowest BCUT2D eigenvalue weighted by molar-refractivity contribution is 1.21. The second-order valence-electron chi connectivity index (χ2n) is 2.41. The zero-order valence-corrected chi connectivity index (χ0v) is 9.50. The molecule has 13 heavy (non-hydrogen) atoms. The Morgan fingerprint density at radius 1 is 1.15 bits per heavy atom. The molecule has 0 aliphatic carbocycles. The van der Waals surface area contributed by atoms with E-state index in [1.807, 2.05) is 12.1 Å². The van der Waals surface area contributed by atoms with Crippen LogP contribution in [0.1, 0.15) is 10.9 Å². The molecule has 0 fully saturated rings. The summed E-state index contributed by atoms with van der Waals surface area (Å²) in [6, 6.07) is 7.19. The molecule has 0 nitrogen and oxygen atoms in total.